The van der Waals surface area contributed by atoms with Crippen molar-refractivity contribution < 1.29 is 29.2 Å². The number of piperidine rings is 1. The van der Waals surface area contributed by atoms with Crippen LogP contribution in [0.3, 0.4) is 0 Å². The zero-order chi connectivity index (χ0) is 16.2. The highest BCUT2D eigenvalue weighted by Gasteiger charge is 2.31. The highest BCUT2D eigenvalue weighted by Crippen LogP contribution is 2.29. The Morgan fingerprint density at radius 1 is 1.26 bits per heavy atom. The van der Waals surface area contributed by atoms with Crippen molar-refractivity contribution in [3.05, 3.63) is 29.8 Å². The summed E-state index contributed by atoms with van der Waals surface area (Å²) in [6, 6.07) is 7.52. The lowest BCUT2D eigenvalue weighted by atomic mass is 9.87. The van der Waals surface area contributed by atoms with Crippen molar-refractivity contribution in [2.45, 2.75) is 24.7 Å². The Kier molecular flexibility index (Phi) is 5.00. The molecule has 3 rings (SSSR count). The average Bonchev–Trinajstić information content (AvgIpc) is 3.07. The van der Waals surface area contributed by atoms with E-state index in [-0.39, 0.29) is 18.8 Å². The molecule has 126 valence electrons. The number of nitrogens with zero attached hydrogens (tertiary/aromatic N) is 1. The molecule has 0 aliphatic carbocycles. The summed E-state index contributed by atoms with van der Waals surface area (Å²) in [5, 5.41) is 19.2. The zero-order valence-electron chi connectivity index (χ0n) is 12.8. The van der Waals surface area contributed by atoms with Crippen molar-refractivity contribution in [1.82, 2.24) is 4.90 Å². The number of aliphatic hydroxyl groups is 1. The van der Waals surface area contributed by atoms with Crippen LogP contribution in [0.5, 0.6) is 5.75 Å². The first-order valence-electron chi connectivity index (χ1n) is 7.75. The SMILES string of the molecule is O=C(O)N1CCC(c2ccc(OCC3OCCO3)cc2)C(O)C1. The largest absolute Gasteiger partial charge is 0.488 e. The average molecular weight is 323 g/mol. The minimum atomic E-state index is -0.984. The Morgan fingerprint density at radius 2 is 1.96 bits per heavy atom. The van der Waals surface area contributed by atoms with Crippen LogP contribution in [-0.2, 0) is 9.47 Å². The van der Waals surface area contributed by atoms with E-state index in [0.29, 0.717) is 38.5 Å². The fourth-order valence-electron chi connectivity index (χ4n) is 2.97. The van der Waals surface area contributed by atoms with Gasteiger partial charge in [0.05, 0.1) is 25.9 Å². The second-order valence-corrected chi connectivity index (χ2v) is 5.74. The molecule has 2 atom stereocenters. The number of likely N-dealkylation sites (tertiary alicyclic amines) is 1. The molecule has 0 saturated carbocycles. The van der Waals surface area contributed by atoms with E-state index in [9.17, 15) is 9.90 Å². The highest BCUT2D eigenvalue weighted by atomic mass is 16.7. The molecule has 0 bridgehead atoms. The minimum absolute atomic E-state index is 0.0545. The van der Waals surface area contributed by atoms with Gasteiger partial charge in [0.1, 0.15) is 12.4 Å². The Bertz CT molecular complexity index is 528. The van der Waals surface area contributed by atoms with E-state index in [1.54, 1.807) is 0 Å². The van der Waals surface area contributed by atoms with Gasteiger partial charge < -0.3 is 29.3 Å². The third kappa shape index (κ3) is 3.93. The summed E-state index contributed by atoms with van der Waals surface area (Å²) in [7, 11) is 0. The minimum Gasteiger partial charge on any atom is -0.488 e. The molecule has 2 heterocycles. The summed E-state index contributed by atoms with van der Waals surface area (Å²) >= 11 is 0. The van der Waals surface area contributed by atoms with Gasteiger partial charge in [-0.1, -0.05) is 12.1 Å². The van der Waals surface area contributed by atoms with Crippen LogP contribution < -0.4 is 4.74 Å². The molecule has 0 aromatic heterocycles. The molecule has 2 fully saturated rings. The van der Waals surface area contributed by atoms with E-state index in [4.69, 9.17) is 19.3 Å². The standard InChI is InChI=1S/C16H21NO6/c18-14-9-17(16(19)20)6-5-13(14)11-1-3-12(4-2-11)23-10-15-21-7-8-22-15/h1-4,13-15,18H,5-10H2,(H,19,20). The molecule has 2 aliphatic heterocycles. The molecule has 23 heavy (non-hydrogen) atoms. The van der Waals surface area contributed by atoms with Gasteiger partial charge in [0, 0.05) is 12.5 Å². The second-order valence-electron chi connectivity index (χ2n) is 5.74. The summed E-state index contributed by atoms with van der Waals surface area (Å²) < 4.78 is 16.2. The maximum Gasteiger partial charge on any atom is 0.407 e. The summed E-state index contributed by atoms with van der Waals surface area (Å²) in [5.74, 6) is 0.659. The number of aliphatic hydroxyl groups excluding tert-OH is 1. The number of ether oxygens (including phenoxy) is 3. The van der Waals surface area contributed by atoms with Gasteiger partial charge in [-0.05, 0) is 24.1 Å². The van der Waals surface area contributed by atoms with Crippen LogP contribution in [-0.4, -0.2) is 66.5 Å². The molecular formula is C16H21NO6. The number of carbonyl (C=O) groups is 1. The Morgan fingerprint density at radius 3 is 2.57 bits per heavy atom. The lowest BCUT2D eigenvalue weighted by Gasteiger charge is -2.34. The van der Waals surface area contributed by atoms with Crippen molar-refractivity contribution in [3.63, 3.8) is 0 Å². The Balaban J connectivity index is 1.55. The number of β-amino-alcohol motifs (C(OH)–C–C–N with tert-alkyl or cyclic N) is 1. The van der Waals surface area contributed by atoms with Gasteiger partial charge in [0.15, 0.2) is 6.29 Å². The Hall–Kier alpha value is -1.83. The van der Waals surface area contributed by atoms with E-state index in [0.717, 1.165) is 5.56 Å². The zero-order valence-corrected chi connectivity index (χ0v) is 12.8. The number of rotatable bonds is 4. The van der Waals surface area contributed by atoms with Crippen molar-refractivity contribution in [3.8, 4) is 5.75 Å². The van der Waals surface area contributed by atoms with E-state index < -0.39 is 12.2 Å². The van der Waals surface area contributed by atoms with Crippen LogP contribution in [0.25, 0.3) is 0 Å². The third-order valence-electron chi connectivity index (χ3n) is 4.24. The predicted octanol–water partition coefficient (Wildman–Crippen LogP) is 1.27. The predicted molar refractivity (Wildman–Crippen MR) is 80.6 cm³/mol. The molecule has 2 N–H and O–H groups in total. The van der Waals surface area contributed by atoms with Crippen molar-refractivity contribution in [1.29, 1.82) is 0 Å². The van der Waals surface area contributed by atoms with Crippen LogP contribution in [0.15, 0.2) is 24.3 Å². The summed E-state index contributed by atoms with van der Waals surface area (Å²) in [5.41, 5.74) is 0.989. The van der Waals surface area contributed by atoms with Crippen LogP contribution in [0.2, 0.25) is 0 Å². The van der Waals surface area contributed by atoms with Gasteiger partial charge in [0.2, 0.25) is 0 Å². The number of amides is 1. The normalized spacial score (nSPS) is 25.5. The van der Waals surface area contributed by atoms with E-state index in [1.807, 2.05) is 24.3 Å². The van der Waals surface area contributed by atoms with Gasteiger partial charge >= 0.3 is 6.09 Å². The van der Waals surface area contributed by atoms with Gasteiger partial charge in [-0.2, -0.15) is 0 Å². The molecule has 1 amide bonds. The monoisotopic (exact) mass is 323 g/mol. The smallest absolute Gasteiger partial charge is 0.407 e. The van der Waals surface area contributed by atoms with Crippen LogP contribution in [0.1, 0.15) is 17.9 Å². The summed E-state index contributed by atoms with van der Waals surface area (Å²) in [4.78, 5) is 12.2. The van der Waals surface area contributed by atoms with Gasteiger partial charge in [-0.3, -0.25) is 0 Å². The highest BCUT2D eigenvalue weighted by molar-refractivity contribution is 5.65. The number of hydrogen-bond donors (Lipinski definition) is 2. The fraction of sp³-hybridized carbons (Fsp3) is 0.562. The quantitative estimate of drug-likeness (QED) is 0.867. The van der Waals surface area contributed by atoms with Gasteiger partial charge in [-0.25, -0.2) is 4.79 Å². The van der Waals surface area contributed by atoms with E-state index in [2.05, 4.69) is 0 Å². The van der Waals surface area contributed by atoms with Crippen molar-refractivity contribution in [2.75, 3.05) is 32.9 Å². The molecule has 7 heteroatoms. The molecular weight excluding hydrogens is 302 g/mol. The molecule has 2 saturated heterocycles. The van der Waals surface area contributed by atoms with Crippen LogP contribution in [0, 0.1) is 0 Å². The first-order valence-corrected chi connectivity index (χ1v) is 7.75. The second kappa shape index (κ2) is 7.16. The third-order valence-corrected chi connectivity index (χ3v) is 4.24. The summed E-state index contributed by atoms with van der Waals surface area (Å²) in [6.45, 7) is 2.12. The maximum absolute atomic E-state index is 10.9. The topological polar surface area (TPSA) is 88.5 Å². The van der Waals surface area contributed by atoms with Gasteiger partial charge in [-0.15, -0.1) is 0 Å². The molecule has 1 aromatic rings. The lowest BCUT2D eigenvalue weighted by molar-refractivity contribution is -0.0684. The molecule has 2 aliphatic rings. The molecule has 0 radical (unpaired) electrons. The van der Waals surface area contributed by atoms with Crippen molar-refractivity contribution >= 4 is 6.09 Å². The van der Waals surface area contributed by atoms with Gasteiger partial charge in [0.25, 0.3) is 0 Å². The fourth-order valence-corrected chi connectivity index (χ4v) is 2.97. The van der Waals surface area contributed by atoms with E-state index in [1.165, 1.54) is 4.90 Å². The first kappa shape index (κ1) is 16.0. The maximum atomic E-state index is 10.9. The van der Waals surface area contributed by atoms with Crippen LogP contribution >= 0.6 is 0 Å². The van der Waals surface area contributed by atoms with Crippen LogP contribution in [0.4, 0.5) is 4.79 Å². The lowest BCUT2D eigenvalue weighted by Crippen LogP contribution is -2.45. The van der Waals surface area contributed by atoms with Crippen molar-refractivity contribution in [2.24, 2.45) is 0 Å². The molecule has 7 nitrogen and oxygen atoms in total. The summed E-state index contributed by atoms with van der Waals surface area (Å²) in [6.07, 6.45) is -1.37. The molecule has 2 unspecified atom stereocenters. The molecule has 0 spiro atoms. The van der Waals surface area contributed by atoms with E-state index >= 15 is 0 Å². The Labute approximate surface area is 134 Å². The molecule has 1 aromatic carbocycles. The first-order chi connectivity index (χ1) is 11.1. The number of carboxylic acid groups (broad SMARTS) is 1. The number of benzene rings is 1. The number of hydrogen-bond acceptors (Lipinski definition) is 5.